The highest BCUT2D eigenvalue weighted by atomic mass is 35.5. The molecule has 1 N–H and O–H groups in total. The average molecular weight is 476 g/mol. The lowest BCUT2D eigenvalue weighted by Gasteiger charge is -2.29. The van der Waals surface area contributed by atoms with Gasteiger partial charge in [-0.25, -0.2) is 13.2 Å². The molecule has 0 radical (unpaired) electrons. The summed E-state index contributed by atoms with van der Waals surface area (Å²) in [7, 11) is -3.61. The molecule has 0 saturated carbocycles. The maximum Gasteiger partial charge on any atom is 0.338 e. The molecule has 3 rings (SSSR count). The van der Waals surface area contributed by atoms with Gasteiger partial charge in [0.05, 0.1) is 21.0 Å². The van der Waals surface area contributed by atoms with Crippen molar-refractivity contribution in [2.75, 3.05) is 25.0 Å². The van der Waals surface area contributed by atoms with Crippen LogP contribution in [0.3, 0.4) is 0 Å². The van der Waals surface area contributed by atoms with Crippen LogP contribution in [0, 0.1) is 17.2 Å². The molecule has 0 atom stereocenters. The number of piperidine rings is 1. The quantitative estimate of drug-likeness (QED) is 0.640. The molecule has 8 nitrogen and oxygen atoms in total. The van der Waals surface area contributed by atoms with Crippen molar-refractivity contribution in [1.82, 2.24) is 4.31 Å². The number of hydrogen-bond acceptors (Lipinski definition) is 6. The molecule has 0 bridgehead atoms. The predicted octanol–water partition coefficient (Wildman–Crippen LogP) is 3.43. The summed E-state index contributed by atoms with van der Waals surface area (Å²) in [6.45, 7) is 2.52. The number of nitriles is 1. The van der Waals surface area contributed by atoms with Gasteiger partial charge in [-0.3, -0.25) is 4.79 Å². The van der Waals surface area contributed by atoms with E-state index in [9.17, 15) is 18.0 Å². The van der Waals surface area contributed by atoms with Crippen LogP contribution in [-0.4, -0.2) is 44.3 Å². The van der Waals surface area contributed by atoms with Crippen LogP contribution in [0.25, 0.3) is 0 Å². The largest absolute Gasteiger partial charge is 0.452 e. The Hall–Kier alpha value is -2.93. The molecule has 10 heteroatoms. The summed E-state index contributed by atoms with van der Waals surface area (Å²) < 4.78 is 32.0. The predicted molar refractivity (Wildman–Crippen MR) is 119 cm³/mol. The SMILES string of the molecule is CC1CCN(S(=O)(=O)c2ccc(C(=O)OCC(=O)Nc3ccc(C#N)c(Cl)c3)cc2)CC1. The van der Waals surface area contributed by atoms with E-state index in [-0.39, 0.29) is 21.0 Å². The number of anilines is 1. The number of carbonyl (C=O) groups excluding carboxylic acids is 2. The van der Waals surface area contributed by atoms with Crippen LogP contribution in [-0.2, 0) is 19.6 Å². The van der Waals surface area contributed by atoms with Crippen molar-refractivity contribution >= 4 is 39.2 Å². The standard InChI is InChI=1S/C22H22ClN3O5S/c1-15-8-10-26(11-9-15)32(29,30)19-6-3-16(4-7-19)22(28)31-14-21(27)25-18-5-2-17(13-24)20(23)12-18/h2-7,12,15H,8-11,14H2,1H3,(H,25,27). The van der Waals surface area contributed by atoms with Crippen LogP contribution in [0.4, 0.5) is 5.69 Å². The lowest BCUT2D eigenvalue weighted by Crippen LogP contribution is -2.37. The molecular weight excluding hydrogens is 454 g/mol. The van der Waals surface area contributed by atoms with E-state index in [0.717, 1.165) is 12.8 Å². The number of sulfonamides is 1. The van der Waals surface area contributed by atoms with Gasteiger partial charge in [-0.05, 0) is 61.2 Å². The first-order valence-corrected chi connectivity index (χ1v) is 11.8. The molecule has 0 unspecified atom stereocenters. The number of nitrogens with zero attached hydrogens (tertiary/aromatic N) is 2. The Labute approximate surface area is 191 Å². The minimum absolute atomic E-state index is 0.110. The normalized spacial score (nSPS) is 15.0. The van der Waals surface area contributed by atoms with E-state index in [2.05, 4.69) is 12.2 Å². The summed E-state index contributed by atoms with van der Waals surface area (Å²) in [6, 6.07) is 11.8. The second-order valence-corrected chi connectivity index (χ2v) is 9.89. The number of carbonyl (C=O) groups is 2. The first kappa shape index (κ1) is 23.7. The smallest absolute Gasteiger partial charge is 0.338 e. The minimum atomic E-state index is -3.61. The molecule has 0 aromatic heterocycles. The van der Waals surface area contributed by atoms with Crippen molar-refractivity contribution in [3.63, 3.8) is 0 Å². The van der Waals surface area contributed by atoms with E-state index in [1.165, 1.54) is 46.8 Å². The lowest BCUT2D eigenvalue weighted by molar-refractivity contribution is -0.119. The number of amides is 1. The molecule has 32 heavy (non-hydrogen) atoms. The highest BCUT2D eigenvalue weighted by Crippen LogP contribution is 2.24. The van der Waals surface area contributed by atoms with Crippen molar-refractivity contribution in [3.8, 4) is 6.07 Å². The first-order chi connectivity index (χ1) is 15.2. The van der Waals surface area contributed by atoms with E-state index >= 15 is 0 Å². The first-order valence-electron chi connectivity index (χ1n) is 9.97. The van der Waals surface area contributed by atoms with Gasteiger partial charge in [0.15, 0.2) is 6.61 Å². The number of hydrogen-bond donors (Lipinski definition) is 1. The van der Waals surface area contributed by atoms with Crippen molar-refractivity contribution in [1.29, 1.82) is 5.26 Å². The maximum atomic E-state index is 12.8. The summed E-state index contributed by atoms with van der Waals surface area (Å²) in [6.07, 6.45) is 1.64. The third-order valence-corrected chi connectivity index (χ3v) is 7.40. The Morgan fingerprint density at radius 3 is 2.44 bits per heavy atom. The maximum absolute atomic E-state index is 12.8. The Kier molecular flexibility index (Phi) is 7.51. The number of benzene rings is 2. The van der Waals surface area contributed by atoms with Crippen molar-refractivity contribution in [3.05, 3.63) is 58.6 Å². The van der Waals surface area contributed by atoms with E-state index in [1.54, 1.807) is 0 Å². The van der Waals surface area contributed by atoms with E-state index in [1.807, 2.05) is 6.07 Å². The van der Waals surface area contributed by atoms with E-state index < -0.39 is 28.5 Å². The summed E-state index contributed by atoms with van der Waals surface area (Å²) >= 11 is 5.92. The van der Waals surface area contributed by atoms with Gasteiger partial charge in [-0.2, -0.15) is 9.57 Å². The van der Waals surface area contributed by atoms with Crippen LogP contribution in [0.15, 0.2) is 47.4 Å². The topological polar surface area (TPSA) is 117 Å². The average Bonchev–Trinajstić information content (AvgIpc) is 2.78. The van der Waals surface area contributed by atoms with Gasteiger partial charge in [0, 0.05) is 18.8 Å². The Morgan fingerprint density at radius 1 is 1.19 bits per heavy atom. The molecule has 0 aliphatic carbocycles. The van der Waals surface area contributed by atoms with Crippen LogP contribution in [0.1, 0.15) is 35.7 Å². The van der Waals surface area contributed by atoms with Gasteiger partial charge in [-0.1, -0.05) is 18.5 Å². The summed E-state index contributed by atoms with van der Waals surface area (Å²) in [4.78, 5) is 24.3. The minimum Gasteiger partial charge on any atom is -0.452 e. The van der Waals surface area contributed by atoms with Crippen molar-refractivity contribution in [2.24, 2.45) is 5.92 Å². The highest BCUT2D eigenvalue weighted by molar-refractivity contribution is 7.89. The summed E-state index contributed by atoms with van der Waals surface area (Å²) in [5, 5.41) is 11.6. The lowest BCUT2D eigenvalue weighted by atomic mass is 10.0. The number of esters is 1. The van der Waals surface area contributed by atoms with Crippen LogP contribution >= 0.6 is 11.6 Å². The van der Waals surface area contributed by atoms with Gasteiger partial charge < -0.3 is 10.1 Å². The van der Waals surface area contributed by atoms with Gasteiger partial charge in [0.1, 0.15) is 6.07 Å². The Bertz CT molecular complexity index is 1150. The van der Waals surface area contributed by atoms with Gasteiger partial charge in [0.25, 0.3) is 5.91 Å². The highest BCUT2D eigenvalue weighted by Gasteiger charge is 2.28. The monoisotopic (exact) mass is 475 g/mol. The van der Waals surface area contributed by atoms with Crippen LogP contribution in [0.2, 0.25) is 5.02 Å². The fraction of sp³-hybridized carbons (Fsp3) is 0.318. The zero-order valence-electron chi connectivity index (χ0n) is 17.4. The van der Waals surface area contributed by atoms with Crippen LogP contribution < -0.4 is 5.32 Å². The van der Waals surface area contributed by atoms with Crippen molar-refractivity contribution < 1.29 is 22.7 Å². The molecular formula is C22H22ClN3O5S. The number of nitrogens with one attached hydrogen (secondary N) is 1. The van der Waals surface area contributed by atoms with Crippen LogP contribution in [0.5, 0.6) is 0 Å². The second kappa shape index (κ2) is 10.1. The summed E-state index contributed by atoms with van der Waals surface area (Å²) in [5.74, 6) is -0.837. The fourth-order valence-electron chi connectivity index (χ4n) is 3.23. The molecule has 168 valence electrons. The number of rotatable bonds is 6. The Morgan fingerprint density at radius 2 is 1.84 bits per heavy atom. The molecule has 1 aliphatic heterocycles. The fourth-order valence-corrected chi connectivity index (χ4v) is 4.92. The molecule has 1 fully saturated rings. The Balaban J connectivity index is 1.56. The van der Waals surface area contributed by atoms with Gasteiger partial charge in [-0.15, -0.1) is 0 Å². The van der Waals surface area contributed by atoms with Crippen molar-refractivity contribution in [2.45, 2.75) is 24.7 Å². The van der Waals surface area contributed by atoms with Gasteiger partial charge in [0.2, 0.25) is 10.0 Å². The third kappa shape index (κ3) is 5.65. The van der Waals surface area contributed by atoms with E-state index in [4.69, 9.17) is 21.6 Å². The summed E-state index contributed by atoms with van der Waals surface area (Å²) in [5.41, 5.74) is 0.763. The van der Waals surface area contributed by atoms with Gasteiger partial charge >= 0.3 is 5.97 Å². The molecule has 1 saturated heterocycles. The zero-order valence-corrected chi connectivity index (χ0v) is 18.9. The molecule has 1 heterocycles. The molecule has 2 aromatic rings. The number of halogens is 1. The zero-order chi connectivity index (χ0) is 23.3. The molecule has 1 aliphatic rings. The number of ether oxygens (including phenoxy) is 1. The molecule has 1 amide bonds. The molecule has 0 spiro atoms. The molecule has 2 aromatic carbocycles. The van der Waals surface area contributed by atoms with E-state index in [0.29, 0.717) is 24.7 Å². The second-order valence-electron chi connectivity index (χ2n) is 7.54. The third-order valence-electron chi connectivity index (χ3n) is 5.18.